The molecule has 176 valence electrons. The van der Waals surface area contributed by atoms with Crippen molar-refractivity contribution in [3.8, 4) is 0 Å². The molecule has 0 aliphatic heterocycles. The van der Waals surface area contributed by atoms with Gasteiger partial charge in [0.05, 0.1) is 22.2 Å². The zero-order chi connectivity index (χ0) is 24.5. The Balaban J connectivity index is 1.90. The highest BCUT2D eigenvalue weighted by molar-refractivity contribution is 7.89. The minimum absolute atomic E-state index is 0.101. The first-order valence-electron chi connectivity index (χ1n) is 10.1. The number of fused-ring (bicyclic) bond motifs is 1. The fourth-order valence-corrected chi connectivity index (χ4v) is 4.87. The van der Waals surface area contributed by atoms with Crippen molar-refractivity contribution < 1.29 is 13.2 Å². The zero-order valence-electron chi connectivity index (χ0n) is 18.6. The Morgan fingerprint density at radius 2 is 1.76 bits per heavy atom. The minimum atomic E-state index is -3.81. The first-order chi connectivity index (χ1) is 15.5. The molecule has 3 aromatic rings. The molecular weight excluding hydrogens is 452 g/mol. The highest BCUT2D eigenvalue weighted by Crippen LogP contribution is 2.14. The van der Waals surface area contributed by atoms with Crippen LogP contribution in [-0.2, 0) is 35.5 Å². The van der Waals surface area contributed by atoms with Crippen LogP contribution in [0.25, 0.3) is 11.0 Å². The second-order valence-electron chi connectivity index (χ2n) is 7.27. The molecule has 0 fully saturated rings. The molecule has 3 heterocycles. The molecule has 0 radical (unpaired) electrons. The summed E-state index contributed by atoms with van der Waals surface area (Å²) in [6, 6.07) is 3.68. The summed E-state index contributed by atoms with van der Waals surface area (Å²) < 4.78 is 29.8. The maximum Gasteiger partial charge on any atom is 0.332 e. The molecule has 1 amide bonds. The molecule has 0 spiro atoms. The third kappa shape index (κ3) is 4.50. The minimum Gasteiger partial charge on any atom is -0.323 e. The Morgan fingerprint density at radius 1 is 1.09 bits per heavy atom. The van der Waals surface area contributed by atoms with Gasteiger partial charge in [0.25, 0.3) is 11.1 Å². The molecule has 0 aromatic carbocycles. The highest BCUT2D eigenvalue weighted by atomic mass is 32.2. The van der Waals surface area contributed by atoms with Gasteiger partial charge >= 0.3 is 5.69 Å². The van der Waals surface area contributed by atoms with E-state index in [1.807, 2.05) is 0 Å². The molecular formula is C20H24N6O6S. The number of aryl methyl sites for hydroxylation is 1. The van der Waals surface area contributed by atoms with E-state index in [0.717, 1.165) is 21.4 Å². The Morgan fingerprint density at radius 3 is 2.39 bits per heavy atom. The van der Waals surface area contributed by atoms with Gasteiger partial charge in [0.15, 0.2) is 0 Å². The molecule has 0 saturated carbocycles. The summed E-state index contributed by atoms with van der Waals surface area (Å²) in [6.07, 6.45) is 2.41. The number of amides is 1. The van der Waals surface area contributed by atoms with Crippen molar-refractivity contribution in [2.45, 2.75) is 25.3 Å². The lowest BCUT2D eigenvalue weighted by Gasteiger charge is -2.19. The maximum atomic E-state index is 12.7. The zero-order valence-corrected chi connectivity index (χ0v) is 19.4. The van der Waals surface area contributed by atoms with E-state index in [-0.39, 0.29) is 34.7 Å². The first kappa shape index (κ1) is 24.1. The van der Waals surface area contributed by atoms with Gasteiger partial charge in [0.1, 0.15) is 12.2 Å². The van der Waals surface area contributed by atoms with Crippen molar-refractivity contribution in [1.29, 1.82) is 0 Å². The summed E-state index contributed by atoms with van der Waals surface area (Å²) >= 11 is 0. The van der Waals surface area contributed by atoms with Crippen molar-refractivity contribution >= 4 is 32.7 Å². The number of anilines is 1. The average molecular weight is 477 g/mol. The maximum absolute atomic E-state index is 12.7. The van der Waals surface area contributed by atoms with Crippen LogP contribution in [0.4, 0.5) is 5.69 Å². The lowest BCUT2D eigenvalue weighted by molar-refractivity contribution is -0.116. The predicted molar refractivity (Wildman–Crippen MR) is 122 cm³/mol. The fourth-order valence-electron chi connectivity index (χ4n) is 3.39. The molecule has 13 heteroatoms. The number of carbonyl (C=O) groups excluding carboxylic acids is 1. The van der Waals surface area contributed by atoms with Gasteiger partial charge in [-0.15, -0.1) is 0 Å². The molecule has 0 bridgehead atoms. The van der Waals surface area contributed by atoms with Gasteiger partial charge in [-0.25, -0.2) is 18.2 Å². The molecule has 3 aromatic heterocycles. The summed E-state index contributed by atoms with van der Waals surface area (Å²) in [6.45, 7) is 3.47. The summed E-state index contributed by atoms with van der Waals surface area (Å²) in [5.41, 5.74) is -1.31. The van der Waals surface area contributed by atoms with E-state index < -0.39 is 39.3 Å². The number of rotatable bonds is 7. The van der Waals surface area contributed by atoms with E-state index in [1.165, 1.54) is 41.3 Å². The number of sulfonamides is 1. The van der Waals surface area contributed by atoms with Gasteiger partial charge in [-0.3, -0.25) is 23.5 Å². The number of pyridine rings is 2. The monoisotopic (exact) mass is 476 g/mol. The van der Waals surface area contributed by atoms with E-state index >= 15 is 0 Å². The standard InChI is InChI=1S/C20H24N6O6S/c1-5-26(6-2)33(31,32)14-7-8-17(28)25(11-14)12-16(27)22-13-9-15-18(21-10-13)23(3)20(30)24(4)19(15)29/h7-11H,5-6,12H2,1-4H3,(H,22,27). The Labute approximate surface area is 188 Å². The van der Waals surface area contributed by atoms with Crippen LogP contribution in [0.1, 0.15) is 13.8 Å². The average Bonchev–Trinajstić information content (AvgIpc) is 2.78. The van der Waals surface area contributed by atoms with Gasteiger partial charge in [-0.1, -0.05) is 13.8 Å². The molecule has 0 unspecified atom stereocenters. The Bertz CT molecular complexity index is 1510. The van der Waals surface area contributed by atoms with Crippen LogP contribution in [0.3, 0.4) is 0 Å². The first-order valence-corrected chi connectivity index (χ1v) is 11.5. The van der Waals surface area contributed by atoms with Crippen LogP contribution in [0.2, 0.25) is 0 Å². The van der Waals surface area contributed by atoms with Crippen LogP contribution in [0, 0.1) is 0 Å². The van der Waals surface area contributed by atoms with Crippen molar-refractivity contribution in [3.05, 3.63) is 61.8 Å². The summed E-state index contributed by atoms with van der Waals surface area (Å²) in [4.78, 5) is 53.2. The van der Waals surface area contributed by atoms with Crippen LogP contribution in [-0.4, -0.2) is 50.4 Å². The van der Waals surface area contributed by atoms with Gasteiger partial charge in [0.2, 0.25) is 15.9 Å². The SMILES string of the molecule is CCN(CC)S(=O)(=O)c1ccc(=O)n(CC(=O)Nc2cnc3c(c2)c(=O)n(C)c(=O)n3C)c1. The summed E-state index contributed by atoms with van der Waals surface area (Å²) in [5, 5.41) is 2.66. The largest absolute Gasteiger partial charge is 0.332 e. The van der Waals surface area contributed by atoms with E-state index in [1.54, 1.807) is 13.8 Å². The molecule has 3 rings (SSSR count). The second-order valence-corrected chi connectivity index (χ2v) is 9.21. The van der Waals surface area contributed by atoms with Crippen LogP contribution in [0.15, 0.2) is 49.9 Å². The third-order valence-electron chi connectivity index (χ3n) is 5.19. The van der Waals surface area contributed by atoms with Crippen LogP contribution < -0.4 is 22.1 Å². The van der Waals surface area contributed by atoms with Gasteiger partial charge in [0, 0.05) is 39.4 Å². The van der Waals surface area contributed by atoms with Gasteiger partial charge in [-0.2, -0.15) is 4.31 Å². The number of nitrogens with one attached hydrogen (secondary N) is 1. The fraction of sp³-hybridized carbons (Fsp3) is 0.350. The lowest BCUT2D eigenvalue weighted by atomic mass is 10.3. The summed E-state index contributed by atoms with van der Waals surface area (Å²) in [7, 11) is -1.00. The van der Waals surface area contributed by atoms with E-state index in [2.05, 4.69) is 10.3 Å². The predicted octanol–water partition coefficient (Wildman–Crippen LogP) is -0.537. The third-order valence-corrected chi connectivity index (χ3v) is 7.22. The van der Waals surface area contributed by atoms with Crippen LogP contribution >= 0.6 is 0 Å². The van der Waals surface area contributed by atoms with E-state index in [0.29, 0.717) is 0 Å². The topological polar surface area (TPSA) is 145 Å². The number of carbonyl (C=O) groups is 1. The summed E-state index contributed by atoms with van der Waals surface area (Å²) in [5.74, 6) is -0.628. The number of hydrogen-bond acceptors (Lipinski definition) is 7. The number of hydrogen-bond donors (Lipinski definition) is 1. The Hall–Kier alpha value is -3.58. The van der Waals surface area contributed by atoms with E-state index in [9.17, 15) is 27.6 Å². The normalized spacial score (nSPS) is 11.8. The molecule has 33 heavy (non-hydrogen) atoms. The van der Waals surface area contributed by atoms with E-state index in [4.69, 9.17) is 0 Å². The van der Waals surface area contributed by atoms with Crippen LogP contribution in [0.5, 0.6) is 0 Å². The second kappa shape index (κ2) is 9.11. The smallest absolute Gasteiger partial charge is 0.323 e. The van der Waals surface area contributed by atoms with Gasteiger partial charge < -0.3 is 9.88 Å². The molecule has 12 nitrogen and oxygen atoms in total. The lowest BCUT2D eigenvalue weighted by Crippen LogP contribution is -2.37. The number of nitrogens with zero attached hydrogens (tertiary/aromatic N) is 5. The Kier molecular flexibility index (Phi) is 6.65. The van der Waals surface area contributed by atoms with Crippen molar-refractivity contribution in [2.24, 2.45) is 14.1 Å². The molecule has 0 saturated heterocycles. The van der Waals surface area contributed by atoms with Crippen molar-refractivity contribution in [1.82, 2.24) is 23.0 Å². The van der Waals surface area contributed by atoms with Crippen molar-refractivity contribution in [3.63, 3.8) is 0 Å². The van der Waals surface area contributed by atoms with Crippen molar-refractivity contribution in [2.75, 3.05) is 18.4 Å². The molecule has 0 aliphatic rings. The van der Waals surface area contributed by atoms with Gasteiger partial charge in [-0.05, 0) is 12.1 Å². The molecule has 0 aliphatic carbocycles. The highest BCUT2D eigenvalue weighted by Gasteiger charge is 2.22. The molecule has 0 atom stereocenters. The quantitative estimate of drug-likeness (QED) is 0.482. The molecule has 1 N–H and O–H groups in total. The number of aromatic nitrogens is 4.